The average Bonchev–Trinajstić information content (AvgIpc) is 3.10. The molecule has 0 radical (unpaired) electrons. The molecule has 1 saturated heterocycles. The topological polar surface area (TPSA) is 58.5 Å². The van der Waals surface area contributed by atoms with E-state index in [4.69, 9.17) is 10.2 Å². The molecule has 2 aromatic heterocycles. The summed E-state index contributed by atoms with van der Waals surface area (Å²) in [6.07, 6.45) is 3.59. The van der Waals surface area contributed by atoms with Crippen molar-refractivity contribution in [2.24, 2.45) is 5.73 Å². The van der Waals surface area contributed by atoms with Gasteiger partial charge in [0.25, 0.3) is 0 Å². The van der Waals surface area contributed by atoms with E-state index in [-0.39, 0.29) is 0 Å². The number of piperazine rings is 1. The molecule has 3 rings (SSSR count). The van der Waals surface area contributed by atoms with E-state index in [1.54, 1.807) is 17.6 Å². The summed E-state index contributed by atoms with van der Waals surface area (Å²) in [6.45, 7) is 5.50. The molecular weight excluding hydrogens is 260 g/mol. The average molecular weight is 278 g/mol. The quantitative estimate of drug-likeness (QED) is 0.919. The van der Waals surface area contributed by atoms with Crippen molar-refractivity contribution >= 4 is 16.5 Å². The largest absolute Gasteiger partial charge is 0.468 e. The van der Waals surface area contributed by atoms with Crippen molar-refractivity contribution in [1.82, 2.24) is 9.88 Å². The third kappa shape index (κ3) is 2.80. The molecule has 5 nitrogen and oxygen atoms in total. The molecule has 2 N–H and O–H groups in total. The van der Waals surface area contributed by atoms with E-state index in [1.165, 1.54) is 0 Å². The van der Waals surface area contributed by atoms with Crippen molar-refractivity contribution in [3.63, 3.8) is 0 Å². The zero-order valence-electron chi connectivity index (χ0n) is 10.8. The van der Waals surface area contributed by atoms with Crippen molar-refractivity contribution in [2.75, 3.05) is 31.1 Å². The van der Waals surface area contributed by atoms with Crippen LogP contribution in [-0.2, 0) is 13.1 Å². The van der Waals surface area contributed by atoms with Crippen molar-refractivity contribution in [2.45, 2.75) is 13.1 Å². The van der Waals surface area contributed by atoms with Gasteiger partial charge in [0.2, 0.25) is 0 Å². The highest BCUT2D eigenvalue weighted by molar-refractivity contribution is 7.13. The highest BCUT2D eigenvalue weighted by Crippen LogP contribution is 2.20. The Morgan fingerprint density at radius 3 is 2.84 bits per heavy atom. The lowest BCUT2D eigenvalue weighted by Gasteiger charge is -2.34. The Morgan fingerprint density at radius 1 is 1.32 bits per heavy atom. The molecule has 19 heavy (non-hydrogen) atoms. The van der Waals surface area contributed by atoms with Crippen molar-refractivity contribution in [3.8, 4) is 0 Å². The van der Waals surface area contributed by atoms with Gasteiger partial charge in [-0.2, -0.15) is 0 Å². The number of hydrogen-bond donors (Lipinski definition) is 1. The molecule has 0 amide bonds. The summed E-state index contributed by atoms with van der Waals surface area (Å²) in [4.78, 5) is 9.10. The van der Waals surface area contributed by atoms with Crippen LogP contribution < -0.4 is 10.6 Å². The van der Waals surface area contributed by atoms with Gasteiger partial charge in [-0.25, -0.2) is 4.98 Å². The van der Waals surface area contributed by atoms with Crippen LogP contribution in [0.2, 0.25) is 0 Å². The predicted octanol–water partition coefficient (Wildman–Crippen LogP) is 1.52. The number of nitrogens with two attached hydrogens (primary N) is 1. The second-order valence-electron chi connectivity index (χ2n) is 4.65. The fraction of sp³-hybridized carbons (Fsp3) is 0.462. The van der Waals surface area contributed by atoms with Gasteiger partial charge in [0.1, 0.15) is 5.76 Å². The van der Waals surface area contributed by atoms with E-state index in [9.17, 15) is 0 Å². The SMILES string of the molecule is NCc1ccoc1CN1CCN(c2nccs2)CC1. The Morgan fingerprint density at radius 2 is 2.16 bits per heavy atom. The first-order chi connectivity index (χ1) is 9.36. The maximum absolute atomic E-state index is 5.69. The molecule has 1 aliphatic rings. The number of rotatable bonds is 4. The molecule has 0 spiro atoms. The molecule has 2 aromatic rings. The van der Waals surface area contributed by atoms with Crippen LogP contribution in [0.15, 0.2) is 28.3 Å². The predicted molar refractivity (Wildman–Crippen MR) is 76.2 cm³/mol. The maximum Gasteiger partial charge on any atom is 0.185 e. The Balaban J connectivity index is 1.56. The van der Waals surface area contributed by atoms with E-state index in [0.29, 0.717) is 6.54 Å². The van der Waals surface area contributed by atoms with Gasteiger partial charge in [0.15, 0.2) is 5.13 Å². The molecule has 0 aliphatic carbocycles. The van der Waals surface area contributed by atoms with E-state index in [0.717, 1.165) is 49.2 Å². The Bertz CT molecular complexity index is 502. The zero-order valence-corrected chi connectivity index (χ0v) is 11.6. The Labute approximate surface area is 116 Å². The summed E-state index contributed by atoms with van der Waals surface area (Å²) in [5.74, 6) is 1.00. The molecule has 102 valence electrons. The summed E-state index contributed by atoms with van der Waals surface area (Å²) in [5.41, 5.74) is 6.81. The second kappa shape index (κ2) is 5.73. The molecule has 1 aliphatic heterocycles. The van der Waals surface area contributed by atoms with Crippen LogP contribution in [0, 0.1) is 0 Å². The molecule has 0 unspecified atom stereocenters. The number of furan rings is 1. The fourth-order valence-corrected chi connectivity index (χ4v) is 3.06. The minimum absolute atomic E-state index is 0.547. The third-order valence-corrected chi connectivity index (χ3v) is 4.32. The first-order valence-corrected chi connectivity index (χ1v) is 7.37. The van der Waals surface area contributed by atoms with E-state index in [2.05, 4.69) is 14.8 Å². The van der Waals surface area contributed by atoms with Gasteiger partial charge in [0, 0.05) is 49.9 Å². The fourth-order valence-electron chi connectivity index (χ4n) is 2.36. The van der Waals surface area contributed by atoms with Gasteiger partial charge in [-0.05, 0) is 6.07 Å². The van der Waals surface area contributed by atoms with Gasteiger partial charge >= 0.3 is 0 Å². The summed E-state index contributed by atoms with van der Waals surface area (Å²) >= 11 is 1.70. The minimum Gasteiger partial charge on any atom is -0.468 e. The summed E-state index contributed by atoms with van der Waals surface area (Å²) in [5, 5.41) is 3.15. The van der Waals surface area contributed by atoms with Crippen molar-refractivity contribution in [3.05, 3.63) is 35.2 Å². The van der Waals surface area contributed by atoms with Crippen LogP contribution in [0.25, 0.3) is 0 Å². The highest BCUT2D eigenvalue weighted by atomic mass is 32.1. The number of thiazole rings is 1. The first kappa shape index (κ1) is 12.7. The maximum atomic E-state index is 5.69. The van der Waals surface area contributed by atoms with Gasteiger partial charge in [-0.3, -0.25) is 4.90 Å². The first-order valence-electron chi connectivity index (χ1n) is 6.49. The molecule has 6 heteroatoms. The van der Waals surface area contributed by atoms with Gasteiger partial charge in [0.05, 0.1) is 12.8 Å². The van der Waals surface area contributed by atoms with Crippen LogP contribution in [0.4, 0.5) is 5.13 Å². The summed E-state index contributed by atoms with van der Waals surface area (Å²) in [6, 6.07) is 1.96. The summed E-state index contributed by atoms with van der Waals surface area (Å²) in [7, 11) is 0. The van der Waals surface area contributed by atoms with Crippen LogP contribution in [0.1, 0.15) is 11.3 Å². The third-order valence-electron chi connectivity index (χ3n) is 3.49. The normalized spacial score (nSPS) is 17.0. The molecule has 0 atom stereocenters. The number of nitrogens with zero attached hydrogens (tertiary/aromatic N) is 3. The molecule has 1 fully saturated rings. The lowest BCUT2D eigenvalue weighted by atomic mass is 10.2. The van der Waals surface area contributed by atoms with Crippen LogP contribution in [0.5, 0.6) is 0 Å². The molecule has 0 saturated carbocycles. The van der Waals surface area contributed by atoms with E-state index >= 15 is 0 Å². The summed E-state index contributed by atoms with van der Waals surface area (Å²) < 4.78 is 5.51. The molecule has 3 heterocycles. The number of anilines is 1. The number of hydrogen-bond acceptors (Lipinski definition) is 6. The standard InChI is InChI=1S/C13H18N4OS/c14-9-11-1-7-18-12(11)10-16-3-5-17(6-4-16)13-15-2-8-19-13/h1-2,7-8H,3-6,9-10,14H2. The zero-order chi connectivity index (χ0) is 13.1. The number of aromatic nitrogens is 1. The van der Waals surface area contributed by atoms with Crippen molar-refractivity contribution < 1.29 is 4.42 Å². The lowest BCUT2D eigenvalue weighted by Crippen LogP contribution is -2.46. The van der Waals surface area contributed by atoms with E-state index < -0.39 is 0 Å². The van der Waals surface area contributed by atoms with Crippen LogP contribution >= 0.6 is 11.3 Å². The van der Waals surface area contributed by atoms with Gasteiger partial charge in [-0.15, -0.1) is 11.3 Å². The molecule has 0 aromatic carbocycles. The van der Waals surface area contributed by atoms with Crippen LogP contribution in [-0.4, -0.2) is 36.1 Å². The second-order valence-corrected chi connectivity index (χ2v) is 5.52. The van der Waals surface area contributed by atoms with Gasteiger partial charge in [-0.1, -0.05) is 0 Å². The van der Waals surface area contributed by atoms with Crippen molar-refractivity contribution in [1.29, 1.82) is 0 Å². The molecular formula is C13H18N4OS. The molecule has 0 bridgehead atoms. The van der Waals surface area contributed by atoms with Gasteiger partial charge < -0.3 is 15.1 Å². The Kier molecular flexibility index (Phi) is 3.82. The van der Waals surface area contributed by atoms with Crippen LogP contribution in [0.3, 0.4) is 0 Å². The lowest BCUT2D eigenvalue weighted by molar-refractivity contribution is 0.229. The monoisotopic (exact) mass is 278 g/mol. The highest BCUT2D eigenvalue weighted by Gasteiger charge is 2.20. The Hall–Kier alpha value is -1.37. The smallest absolute Gasteiger partial charge is 0.185 e. The minimum atomic E-state index is 0.547. The van der Waals surface area contributed by atoms with E-state index in [1.807, 2.05) is 17.6 Å².